The van der Waals surface area contributed by atoms with Crippen LogP contribution in [0.2, 0.25) is 0 Å². The molecule has 7 nitrogen and oxygen atoms in total. The molecule has 168 valence electrons. The maximum atomic E-state index is 12.3. The van der Waals surface area contributed by atoms with Crippen molar-refractivity contribution in [1.29, 1.82) is 0 Å². The van der Waals surface area contributed by atoms with Crippen molar-refractivity contribution in [2.75, 3.05) is 12.4 Å². The third kappa shape index (κ3) is 6.24. The van der Waals surface area contributed by atoms with Crippen LogP contribution in [0.4, 0.5) is 5.69 Å². The number of para-hydroxylation sites is 2. The van der Waals surface area contributed by atoms with Crippen LogP contribution in [0.25, 0.3) is 10.6 Å². The standard InChI is InChI=1S/C24H21N3O4S2/c1-30-20-10-6-5-9-19(20)27-21(28)12-22-25-18(15-32-22)13-31-23(29)11-17-14-33-24(26-17)16-7-3-2-4-8-16/h2-10,14-15H,11-13H2,1H3,(H,27,28). The van der Waals surface area contributed by atoms with Crippen molar-refractivity contribution in [3.8, 4) is 16.3 Å². The number of nitrogens with zero attached hydrogens (tertiary/aromatic N) is 2. The third-order valence-corrected chi connectivity index (χ3v) is 6.41. The lowest BCUT2D eigenvalue weighted by atomic mass is 10.2. The summed E-state index contributed by atoms with van der Waals surface area (Å²) in [7, 11) is 1.55. The Balaban J connectivity index is 1.25. The molecule has 1 amide bonds. The second kappa shape index (κ2) is 10.8. The fraction of sp³-hybridized carbons (Fsp3) is 0.167. The molecule has 0 radical (unpaired) electrons. The topological polar surface area (TPSA) is 90.4 Å². The smallest absolute Gasteiger partial charge is 0.312 e. The lowest BCUT2D eigenvalue weighted by molar-refractivity contribution is -0.144. The van der Waals surface area contributed by atoms with Gasteiger partial charge in [-0.1, -0.05) is 42.5 Å². The first-order valence-corrected chi connectivity index (χ1v) is 11.9. The van der Waals surface area contributed by atoms with E-state index >= 15 is 0 Å². The van der Waals surface area contributed by atoms with Crippen molar-refractivity contribution >= 4 is 40.2 Å². The molecule has 0 aliphatic carbocycles. The normalized spacial score (nSPS) is 10.6. The second-order valence-electron chi connectivity index (χ2n) is 7.01. The molecule has 0 aliphatic heterocycles. The first-order chi connectivity index (χ1) is 16.1. The van der Waals surface area contributed by atoms with E-state index in [0.29, 0.717) is 27.8 Å². The molecule has 1 N–H and O–H groups in total. The molecule has 0 atom stereocenters. The van der Waals surface area contributed by atoms with Crippen LogP contribution in [0.15, 0.2) is 65.4 Å². The highest BCUT2D eigenvalue weighted by Gasteiger charge is 2.13. The number of ether oxygens (including phenoxy) is 2. The average Bonchev–Trinajstić information content (AvgIpc) is 3.48. The Morgan fingerprint density at radius 1 is 0.909 bits per heavy atom. The molecular formula is C24H21N3O4S2. The van der Waals surface area contributed by atoms with Crippen LogP contribution in [-0.4, -0.2) is 29.0 Å². The van der Waals surface area contributed by atoms with Crippen molar-refractivity contribution < 1.29 is 19.1 Å². The van der Waals surface area contributed by atoms with E-state index in [0.717, 1.165) is 10.6 Å². The Bertz CT molecular complexity index is 1240. The van der Waals surface area contributed by atoms with Gasteiger partial charge in [0.05, 0.1) is 37.0 Å². The van der Waals surface area contributed by atoms with E-state index in [2.05, 4.69) is 15.3 Å². The Morgan fingerprint density at radius 2 is 1.67 bits per heavy atom. The largest absolute Gasteiger partial charge is 0.495 e. The molecule has 0 unspecified atom stereocenters. The number of carbonyl (C=O) groups is 2. The van der Waals surface area contributed by atoms with E-state index < -0.39 is 0 Å². The lowest BCUT2D eigenvalue weighted by Crippen LogP contribution is -2.15. The van der Waals surface area contributed by atoms with Gasteiger partial charge >= 0.3 is 5.97 Å². The van der Waals surface area contributed by atoms with Crippen LogP contribution in [-0.2, 0) is 33.8 Å². The van der Waals surface area contributed by atoms with Gasteiger partial charge in [-0.3, -0.25) is 9.59 Å². The lowest BCUT2D eigenvalue weighted by Gasteiger charge is -2.08. The summed E-state index contributed by atoms with van der Waals surface area (Å²) in [6.07, 6.45) is 0.222. The number of thiazole rings is 2. The number of carbonyl (C=O) groups excluding carboxylic acids is 2. The van der Waals surface area contributed by atoms with Gasteiger partial charge < -0.3 is 14.8 Å². The van der Waals surface area contributed by atoms with E-state index in [1.807, 2.05) is 47.8 Å². The molecule has 0 bridgehead atoms. The summed E-state index contributed by atoms with van der Waals surface area (Å²) >= 11 is 2.85. The fourth-order valence-corrected chi connectivity index (χ4v) is 4.63. The van der Waals surface area contributed by atoms with Gasteiger partial charge in [0.2, 0.25) is 5.91 Å². The molecular weight excluding hydrogens is 458 g/mol. The average molecular weight is 480 g/mol. The number of nitrogens with one attached hydrogen (secondary N) is 1. The highest BCUT2D eigenvalue weighted by atomic mass is 32.1. The molecule has 0 saturated carbocycles. The van der Waals surface area contributed by atoms with Gasteiger partial charge in [-0.05, 0) is 12.1 Å². The summed E-state index contributed by atoms with van der Waals surface area (Å²) in [5.74, 6) is 0.0205. The van der Waals surface area contributed by atoms with Crippen LogP contribution in [0.1, 0.15) is 16.4 Å². The van der Waals surface area contributed by atoms with Gasteiger partial charge in [-0.15, -0.1) is 22.7 Å². The summed E-state index contributed by atoms with van der Waals surface area (Å²) < 4.78 is 10.6. The van der Waals surface area contributed by atoms with Crippen LogP contribution < -0.4 is 10.1 Å². The third-order valence-electron chi connectivity index (χ3n) is 4.57. The van der Waals surface area contributed by atoms with Gasteiger partial charge in [-0.25, -0.2) is 9.97 Å². The highest BCUT2D eigenvalue weighted by molar-refractivity contribution is 7.13. The van der Waals surface area contributed by atoms with Crippen molar-refractivity contribution in [2.24, 2.45) is 0 Å². The molecule has 4 rings (SSSR count). The maximum absolute atomic E-state index is 12.3. The van der Waals surface area contributed by atoms with E-state index in [1.165, 1.54) is 22.7 Å². The number of hydrogen-bond acceptors (Lipinski definition) is 8. The number of amides is 1. The van der Waals surface area contributed by atoms with Crippen molar-refractivity contribution in [2.45, 2.75) is 19.4 Å². The first-order valence-electron chi connectivity index (χ1n) is 10.1. The molecule has 2 heterocycles. The Hall–Kier alpha value is -3.56. The molecule has 2 aromatic carbocycles. The molecule has 33 heavy (non-hydrogen) atoms. The minimum absolute atomic E-state index is 0.0547. The zero-order valence-electron chi connectivity index (χ0n) is 17.8. The van der Waals surface area contributed by atoms with Gasteiger partial charge in [0, 0.05) is 16.3 Å². The number of anilines is 1. The predicted molar refractivity (Wildman–Crippen MR) is 128 cm³/mol. The maximum Gasteiger partial charge on any atom is 0.312 e. The Morgan fingerprint density at radius 3 is 2.48 bits per heavy atom. The number of rotatable bonds is 9. The molecule has 9 heteroatoms. The van der Waals surface area contributed by atoms with Gasteiger partial charge in [0.15, 0.2) is 0 Å². The van der Waals surface area contributed by atoms with Crippen LogP contribution >= 0.6 is 22.7 Å². The van der Waals surface area contributed by atoms with Crippen molar-refractivity contribution in [1.82, 2.24) is 9.97 Å². The molecule has 2 aromatic heterocycles. The number of hydrogen-bond donors (Lipinski definition) is 1. The van der Waals surface area contributed by atoms with Gasteiger partial charge in [-0.2, -0.15) is 0 Å². The number of esters is 1. The summed E-state index contributed by atoms with van der Waals surface area (Å²) in [6, 6.07) is 17.0. The predicted octanol–water partition coefficient (Wildman–Crippen LogP) is 4.74. The monoisotopic (exact) mass is 479 g/mol. The molecule has 0 saturated heterocycles. The SMILES string of the molecule is COc1ccccc1NC(=O)Cc1nc(COC(=O)Cc2csc(-c3ccccc3)n2)cs1. The Kier molecular flexibility index (Phi) is 7.43. The summed E-state index contributed by atoms with van der Waals surface area (Å²) in [4.78, 5) is 33.5. The fourth-order valence-electron chi connectivity index (χ4n) is 3.03. The van der Waals surface area contributed by atoms with E-state index in [4.69, 9.17) is 9.47 Å². The van der Waals surface area contributed by atoms with Crippen LogP contribution in [0.5, 0.6) is 5.75 Å². The Labute approximate surface area is 199 Å². The first kappa shape index (κ1) is 22.6. The number of aromatic nitrogens is 2. The number of methoxy groups -OCH3 is 1. The van der Waals surface area contributed by atoms with Crippen LogP contribution in [0, 0.1) is 0 Å². The molecule has 0 aliphatic rings. The molecule has 4 aromatic rings. The van der Waals surface area contributed by atoms with Crippen molar-refractivity contribution in [3.05, 3.63) is 81.8 Å². The highest BCUT2D eigenvalue weighted by Crippen LogP contribution is 2.24. The molecule has 0 spiro atoms. The van der Waals surface area contributed by atoms with E-state index in [1.54, 1.807) is 24.6 Å². The van der Waals surface area contributed by atoms with Gasteiger partial charge in [0.25, 0.3) is 0 Å². The molecule has 0 fully saturated rings. The van der Waals surface area contributed by atoms with Crippen LogP contribution in [0.3, 0.4) is 0 Å². The quantitative estimate of drug-likeness (QED) is 0.349. The minimum atomic E-state index is -0.372. The summed E-state index contributed by atoms with van der Waals surface area (Å²) in [5, 5.41) is 7.98. The summed E-state index contributed by atoms with van der Waals surface area (Å²) in [5.41, 5.74) is 2.91. The zero-order chi connectivity index (χ0) is 23.0. The van der Waals surface area contributed by atoms with E-state index in [-0.39, 0.29) is 31.3 Å². The summed E-state index contributed by atoms with van der Waals surface area (Å²) in [6.45, 7) is 0.0547. The zero-order valence-corrected chi connectivity index (χ0v) is 19.4. The number of benzene rings is 2. The minimum Gasteiger partial charge on any atom is -0.495 e. The van der Waals surface area contributed by atoms with Crippen molar-refractivity contribution in [3.63, 3.8) is 0 Å². The van der Waals surface area contributed by atoms with Gasteiger partial charge in [0.1, 0.15) is 22.4 Å². The van der Waals surface area contributed by atoms with E-state index in [9.17, 15) is 9.59 Å². The second-order valence-corrected chi connectivity index (χ2v) is 8.81.